The van der Waals surface area contributed by atoms with Crippen LogP contribution in [0.4, 0.5) is 0 Å². The SMILES string of the molecule is CCC[C@@H](C)N(C)C(C)(C)C. The second-order valence-corrected chi connectivity index (χ2v) is 4.42. The van der Waals surface area contributed by atoms with Crippen LogP contribution in [-0.2, 0) is 0 Å². The molecule has 11 heavy (non-hydrogen) atoms. The van der Waals surface area contributed by atoms with E-state index in [1.807, 2.05) is 0 Å². The first kappa shape index (κ1) is 11.0. The van der Waals surface area contributed by atoms with Gasteiger partial charge in [0.1, 0.15) is 0 Å². The molecule has 1 heteroatoms. The number of nitrogens with zero attached hydrogens (tertiary/aromatic N) is 1. The molecule has 0 unspecified atom stereocenters. The quantitative estimate of drug-likeness (QED) is 0.609. The molecule has 1 atom stereocenters. The fourth-order valence-electron chi connectivity index (χ4n) is 1.27. The Morgan fingerprint density at radius 2 is 1.73 bits per heavy atom. The molecule has 0 aliphatic carbocycles. The highest BCUT2D eigenvalue weighted by atomic mass is 15.2. The van der Waals surface area contributed by atoms with Crippen LogP contribution in [-0.4, -0.2) is 23.5 Å². The van der Waals surface area contributed by atoms with E-state index < -0.39 is 0 Å². The summed E-state index contributed by atoms with van der Waals surface area (Å²) in [4.78, 5) is 2.44. The lowest BCUT2D eigenvalue weighted by Crippen LogP contribution is -2.43. The van der Waals surface area contributed by atoms with Crippen LogP contribution in [0.2, 0.25) is 0 Å². The van der Waals surface area contributed by atoms with Gasteiger partial charge in [-0.1, -0.05) is 13.3 Å². The molecule has 0 saturated heterocycles. The van der Waals surface area contributed by atoms with Gasteiger partial charge in [-0.2, -0.15) is 0 Å². The van der Waals surface area contributed by atoms with Crippen molar-refractivity contribution in [2.24, 2.45) is 0 Å². The molecule has 0 aromatic carbocycles. The van der Waals surface area contributed by atoms with Crippen LogP contribution < -0.4 is 0 Å². The fourth-order valence-corrected chi connectivity index (χ4v) is 1.27. The molecule has 0 aromatic heterocycles. The van der Waals surface area contributed by atoms with Crippen LogP contribution in [0, 0.1) is 0 Å². The molecule has 0 N–H and O–H groups in total. The van der Waals surface area contributed by atoms with Gasteiger partial charge in [-0.15, -0.1) is 0 Å². The van der Waals surface area contributed by atoms with E-state index in [0.717, 1.165) is 0 Å². The fraction of sp³-hybridized carbons (Fsp3) is 1.00. The Kier molecular flexibility index (Phi) is 4.09. The number of hydrogen-bond donors (Lipinski definition) is 0. The van der Waals surface area contributed by atoms with Crippen molar-refractivity contribution >= 4 is 0 Å². The average molecular weight is 157 g/mol. The summed E-state index contributed by atoms with van der Waals surface area (Å²) in [7, 11) is 2.21. The summed E-state index contributed by atoms with van der Waals surface area (Å²) >= 11 is 0. The molecular formula is C10H23N. The summed E-state index contributed by atoms with van der Waals surface area (Å²) in [6.45, 7) is 11.3. The molecule has 0 heterocycles. The summed E-state index contributed by atoms with van der Waals surface area (Å²) in [6.07, 6.45) is 2.58. The van der Waals surface area contributed by atoms with Crippen molar-refractivity contribution in [3.63, 3.8) is 0 Å². The lowest BCUT2D eigenvalue weighted by atomic mass is 10.0. The Morgan fingerprint density at radius 1 is 1.27 bits per heavy atom. The summed E-state index contributed by atoms with van der Waals surface area (Å²) in [5.41, 5.74) is 0.314. The first-order chi connectivity index (χ1) is 4.89. The molecule has 0 aromatic rings. The molecule has 0 bridgehead atoms. The van der Waals surface area contributed by atoms with Gasteiger partial charge in [0.15, 0.2) is 0 Å². The van der Waals surface area contributed by atoms with Crippen molar-refractivity contribution < 1.29 is 0 Å². The smallest absolute Gasteiger partial charge is 0.0124 e. The van der Waals surface area contributed by atoms with E-state index in [2.05, 4.69) is 46.6 Å². The molecule has 0 amide bonds. The molecule has 0 saturated carbocycles. The van der Waals surface area contributed by atoms with Gasteiger partial charge in [-0.3, -0.25) is 4.90 Å². The Hall–Kier alpha value is -0.0400. The highest BCUT2D eigenvalue weighted by Gasteiger charge is 2.20. The highest BCUT2D eigenvalue weighted by molar-refractivity contribution is 4.77. The van der Waals surface area contributed by atoms with E-state index in [9.17, 15) is 0 Å². The predicted octanol–water partition coefficient (Wildman–Crippen LogP) is 2.91. The topological polar surface area (TPSA) is 3.24 Å². The molecule has 0 rings (SSSR count). The van der Waals surface area contributed by atoms with Crippen molar-refractivity contribution in [1.82, 2.24) is 4.90 Å². The van der Waals surface area contributed by atoms with Crippen LogP contribution in [0.25, 0.3) is 0 Å². The first-order valence-corrected chi connectivity index (χ1v) is 4.62. The molecule has 68 valence electrons. The monoisotopic (exact) mass is 157 g/mol. The highest BCUT2D eigenvalue weighted by Crippen LogP contribution is 2.16. The third-order valence-corrected chi connectivity index (χ3v) is 2.43. The molecular weight excluding hydrogens is 134 g/mol. The van der Waals surface area contributed by atoms with E-state index in [1.165, 1.54) is 12.8 Å². The van der Waals surface area contributed by atoms with Crippen LogP contribution in [0.15, 0.2) is 0 Å². The minimum atomic E-state index is 0.314. The van der Waals surface area contributed by atoms with Gasteiger partial charge < -0.3 is 0 Å². The lowest BCUT2D eigenvalue weighted by molar-refractivity contribution is 0.120. The number of rotatable bonds is 3. The third-order valence-electron chi connectivity index (χ3n) is 2.43. The van der Waals surface area contributed by atoms with Crippen molar-refractivity contribution in [1.29, 1.82) is 0 Å². The van der Waals surface area contributed by atoms with E-state index in [0.29, 0.717) is 11.6 Å². The zero-order valence-corrected chi connectivity index (χ0v) is 8.94. The van der Waals surface area contributed by atoms with Gasteiger partial charge >= 0.3 is 0 Å². The molecule has 1 nitrogen and oxygen atoms in total. The van der Waals surface area contributed by atoms with Gasteiger partial charge in [-0.25, -0.2) is 0 Å². The second-order valence-electron chi connectivity index (χ2n) is 4.42. The van der Waals surface area contributed by atoms with Gasteiger partial charge in [0.05, 0.1) is 0 Å². The summed E-state index contributed by atoms with van der Waals surface area (Å²) in [5, 5.41) is 0. The molecule has 0 radical (unpaired) electrons. The average Bonchev–Trinajstić information content (AvgIpc) is 1.85. The van der Waals surface area contributed by atoms with E-state index in [-0.39, 0.29) is 0 Å². The Balaban J connectivity index is 3.91. The third kappa shape index (κ3) is 3.76. The first-order valence-electron chi connectivity index (χ1n) is 4.62. The normalized spacial score (nSPS) is 15.5. The van der Waals surface area contributed by atoms with Gasteiger partial charge in [-0.05, 0) is 41.2 Å². The minimum Gasteiger partial charge on any atom is -0.299 e. The van der Waals surface area contributed by atoms with Crippen molar-refractivity contribution in [2.75, 3.05) is 7.05 Å². The summed E-state index contributed by atoms with van der Waals surface area (Å²) < 4.78 is 0. The minimum absolute atomic E-state index is 0.314. The van der Waals surface area contributed by atoms with Gasteiger partial charge in [0, 0.05) is 11.6 Å². The van der Waals surface area contributed by atoms with Crippen LogP contribution >= 0.6 is 0 Å². The summed E-state index contributed by atoms with van der Waals surface area (Å²) in [5.74, 6) is 0. The predicted molar refractivity (Wildman–Crippen MR) is 51.9 cm³/mol. The molecule has 0 aliphatic heterocycles. The Bertz CT molecular complexity index is 102. The van der Waals surface area contributed by atoms with Gasteiger partial charge in [0.2, 0.25) is 0 Å². The Labute approximate surface area is 71.8 Å². The van der Waals surface area contributed by atoms with Crippen molar-refractivity contribution in [3.8, 4) is 0 Å². The number of hydrogen-bond acceptors (Lipinski definition) is 1. The largest absolute Gasteiger partial charge is 0.299 e. The maximum atomic E-state index is 2.44. The maximum absolute atomic E-state index is 2.44. The summed E-state index contributed by atoms with van der Waals surface area (Å²) in [6, 6.07) is 0.708. The Morgan fingerprint density at radius 3 is 2.00 bits per heavy atom. The zero-order valence-electron chi connectivity index (χ0n) is 8.94. The van der Waals surface area contributed by atoms with Crippen molar-refractivity contribution in [3.05, 3.63) is 0 Å². The van der Waals surface area contributed by atoms with Gasteiger partial charge in [0.25, 0.3) is 0 Å². The lowest BCUT2D eigenvalue weighted by Gasteiger charge is -2.37. The standard InChI is InChI=1S/C10H23N/c1-7-8-9(2)11(6)10(3,4)5/h9H,7-8H2,1-6H3/t9-/m1/s1. The molecule has 0 fully saturated rings. The van der Waals surface area contributed by atoms with Crippen molar-refractivity contribution in [2.45, 2.75) is 59.0 Å². The van der Waals surface area contributed by atoms with E-state index >= 15 is 0 Å². The van der Waals surface area contributed by atoms with E-state index in [1.54, 1.807) is 0 Å². The molecule has 0 aliphatic rings. The van der Waals surface area contributed by atoms with Crippen LogP contribution in [0.1, 0.15) is 47.5 Å². The maximum Gasteiger partial charge on any atom is 0.0124 e. The zero-order chi connectivity index (χ0) is 9.07. The molecule has 0 spiro atoms. The van der Waals surface area contributed by atoms with Crippen LogP contribution in [0.3, 0.4) is 0 Å². The van der Waals surface area contributed by atoms with E-state index in [4.69, 9.17) is 0 Å². The van der Waals surface area contributed by atoms with Crippen LogP contribution in [0.5, 0.6) is 0 Å². The second kappa shape index (κ2) is 4.10.